The first kappa shape index (κ1) is 20.0. The summed E-state index contributed by atoms with van der Waals surface area (Å²) in [6.45, 7) is 2.23. The van der Waals surface area contributed by atoms with Crippen molar-refractivity contribution in [3.63, 3.8) is 0 Å². The largest absolute Gasteiger partial charge is 0.361 e. The second-order valence-electron chi connectivity index (χ2n) is 10.4. The first-order valence-corrected chi connectivity index (χ1v) is 12.5. The van der Waals surface area contributed by atoms with E-state index in [1.54, 1.807) is 0 Å². The number of likely N-dealkylation sites (tertiary alicyclic amines) is 1. The van der Waals surface area contributed by atoms with E-state index in [9.17, 15) is 9.59 Å². The van der Waals surface area contributed by atoms with Crippen molar-refractivity contribution in [3.8, 4) is 11.1 Å². The van der Waals surface area contributed by atoms with Crippen molar-refractivity contribution >= 4 is 28.6 Å². The van der Waals surface area contributed by atoms with Gasteiger partial charge in [-0.1, -0.05) is 42.5 Å². The van der Waals surface area contributed by atoms with Crippen LogP contribution in [0, 0.1) is 11.8 Å². The van der Waals surface area contributed by atoms with Crippen molar-refractivity contribution in [1.29, 1.82) is 0 Å². The Morgan fingerprint density at radius 1 is 1.03 bits per heavy atom. The summed E-state index contributed by atoms with van der Waals surface area (Å²) >= 11 is 0. The highest BCUT2D eigenvalue weighted by molar-refractivity contribution is 6.16. The van der Waals surface area contributed by atoms with Crippen LogP contribution in [-0.2, 0) is 9.59 Å². The van der Waals surface area contributed by atoms with Gasteiger partial charge in [0, 0.05) is 53.8 Å². The fourth-order valence-corrected chi connectivity index (χ4v) is 5.63. The maximum Gasteiger partial charge on any atom is 0.256 e. The molecule has 7 rings (SSSR count). The molecule has 3 aromatic rings. The Bertz CT molecular complexity index is 1330. The number of hydrogen-bond acceptors (Lipinski definition) is 3. The minimum absolute atomic E-state index is 0.148. The third-order valence-electron chi connectivity index (χ3n) is 7.95. The lowest BCUT2D eigenvalue weighted by molar-refractivity contribution is -0.131. The van der Waals surface area contributed by atoms with Gasteiger partial charge in [-0.25, -0.2) is 0 Å². The van der Waals surface area contributed by atoms with E-state index >= 15 is 0 Å². The number of fused-ring (bicyclic) bond motifs is 1. The molecule has 3 heterocycles. The number of H-pyrrole nitrogens is 1. The normalized spacial score (nSPS) is 23.2. The second kappa shape index (κ2) is 7.29. The van der Waals surface area contributed by atoms with E-state index in [0.29, 0.717) is 18.4 Å². The van der Waals surface area contributed by atoms with E-state index in [-0.39, 0.29) is 11.8 Å². The van der Waals surface area contributed by atoms with E-state index < -0.39 is 5.54 Å². The van der Waals surface area contributed by atoms with Gasteiger partial charge in [0.05, 0.1) is 0 Å². The third-order valence-corrected chi connectivity index (χ3v) is 7.95. The van der Waals surface area contributed by atoms with Crippen molar-refractivity contribution in [2.24, 2.45) is 16.8 Å². The molecule has 1 spiro atoms. The summed E-state index contributed by atoms with van der Waals surface area (Å²) in [5, 5.41) is 1.20. The molecule has 1 unspecified atom stereocenters. The van der Waals surface area contributed by atoms with E-state index in [1.165, 1.54) is 10.9 Å². The van der Waals surface area contributed by atoms with Gasteiger partial charge in [0.1, 0.15) is 11.4 Å². The van der Waals surface area contributed by atoms with Crippen molar-refractivity contribution in [2.75, 3.05) is 19.6 Å². The number of para-hydroxylation sites is 1. The smallest absolute Gasteiger partial charge is 0.256 e. The molecule has 172 valence electrons. The molecule has 4 aliphatic rings. The highest BCUT2D eigenvalue weighted by Gasteiger charge is 2.57. The molecule has 1 saturated heterocycles. The zero-order valence-corrected chi connectivity index (χ0v) is 19.2. The number of carbonyl (C=O) groups is 2. The maximum absolute atomic E-state index is 13.3. The fourth-order valence-electron chi connectivity index (χ4n) is 5.63. The number of nitrogens with one attached hydrogen (secondary N) is 1. The minimum Gasteiger partial charge on any atom is -0.361 e. The molecule has 6 nitrogen and oxygen atoms in total. The molecule has 2 aliphatic heterocycles. The Balaban J connectivity index is 1.13. The molecule has 3 fully saturated rings. The predicted molar refractivity (Wildman–Crippen MR) is 131 cm³/mol. The van der Waals surface area contributed by atoms with Crippen LogP contribution in [0.15, 0.2) is 59.7 Å². The Hall–Kier alpha value is -3.41. The Morgan fingerprint density at radius 3 is 2.56 bits per heavy atom. The standard InChI is InChI=1S/C28H28N4O2/c33-26(21-9-10-21)31-14-11-18(16-31)17-32-25(30-28(12-13-28)27(32)34)20-7-5-19(6-8-20)23-15-29-24-4-2-1-3-22(23)24/h1-8,15,18,21,29H,9-14,16-17H2. The van der Waals surface area contributed by atoms with Crippen LogP contribution in [0.5, 0.6) is 0 Å². The van der Waals surface area contributed by atoms with Crippen LogP contribution >= 0.6 is 0 Å². The van der Waals surface area contributed by atoms with Crippen molar-refractivity contribution in [2.45, 2.75) is 37.6 Å². The van der Waals surface area contributed by atoms with Crippen LogP contribution in [0.1, 0.15) is 37.7 Å². The Kier molecular flexibility index (Phi) is 4.29. The van der Waals surface area contributed by atoms with E-state index in [0.717, 1.165) is 67.7 Å². The van der Waals surface area contributed by atoms with Crippen molar-refractivity contribution < 1.29 is 9.59 Å². The first-order valence-electron chi connectivity index (χ1n) is 12.5. The number of rotatable bonds is 5. The molecule has 6 heteroatoms. The highest BCUT2D eigenvalue weighted by atomic mass is 16.2. The number of amides is 2. The molecule has 0 bridgehead atoms. The van der Waals surface area contributed by atoms with Crippen LogP contribution in [-0.4, -0.2) is 57.6 Å². The predicted octanol–water partition coefficient (Wildman–Crippen LogP) is 4.21. The number of aliphatic imine (C=N–C) groups is 1. The third kappa shape index (κ3) is 3.19. The number of aromatic nitrogens is 1. The van der Waals surface area contributed by atoms with Gasteiger partial charge in [0.15, 0.2) is 0 Å². The zero-order valence-electron chi connectivity index (χ0n) is 19.2. The number of aromatic amines is 1. The molecule has 1 aromatic heterocycles. The van der Waals surface area contributed by atoms with E-state index in [4.69, 9.17) is 4.99 Å². The molecule has 0 radical (unpaired) electrons. The molecule has 1 N–H and O–H groups in total. The molecule has 2 amide bonds. The summed E-state index contributed by atoms with van der Waals surface area (Å²) in [5.74, 6) is 1.84. The summed E-state index contributed by atoms with van der Waals surface area (Å²) in [7, 11) is 0. The average molecular weight is 453 g/mol. The lowest BCUT2D eigenvalue weighted by Gasteiger charge is -2.23. The van der Waals surface area contributed by atoms with Crippen molar-refractivity contribution in [3.05, 3.63) is 60.3 Å². The summed E-state index contributed by atoms with van der Waals surface area (Å²) < 4.78 is 0. The highest BCUT2D eigenvalue weighted by Crippen LogP contribution is 2.46. The van der Waals surface area contributed by atoms with Gasteiger partial charge in [0.2, 0.25) is 5.91 Å². The number of carbonyl (C=O) groups excluding carboxylic acids is 2. The lowest BCUT2D eigenvalue weighted by atomic mass is 10.0. The van der Waals surface area contributed by atoms with E-state index in [1.807, 2.05) is 15.9 Å². The number of nitrogens with zero attached hydrogens (tertiary/aromatic N) is 3. The van der Waals surface area contributed by atoms with Gasteiger partial charge in [-0.05, 0) is 49.7 Å². The van der Waals surface area contributed by atoms with Crippen molar-refractivity contribution in [1.82, 2.24) is 14.8 Å². The lowest BCUT2D eigenvalue weighted by Crippen LogP contribution is -2.40. The monoisotopic (exact) mass is 452 g/mol. The zero-order chi connectivity index (χ0) is 22.9. The quantitative estimate of drug-likeness (QED) is 0.630. The van der Waals surface area contributed by atoms with Gasteiger partial charge in [0.25, 0.3) is 5.91 Å². The SMILES string of the molecule is O=C(C1CC1)N1CCC(CN2C(=O)C3(CC3)N=C2c2ccc(-c3c[nH]c4ccccc34)cc2)C1. The molecule has 2 aromatic carbocycles. The minimum atomic E-state index is -0.521. The van der Waals surface area contributed by atoms with Crippen LogP contribution in [0.3, 0.4) is 0 Å². The van der Waals surface area contributed by atoms with Crippen LogP contribution < -0.4 is 0 Å². The van der Waals surface area contributed by atoms with Crippen LogP contribution in [0.2, 0.25) is 0 Å². The van der Waals surface area contributed by atoms with Gasteiger partial charge in [-0.3, -0.25) is 19.5 Å². The summed E-state index contributed by atoms with van der Waals surface area (Å²) in [4.78, 5) is 38.0. The Morgan fingerprint density at radius 2 is 1.79 bits per heavy atom. The molecule has 34 heavy (non-hydrogen) atoms. The summed E-state index contributed by atoms with van der Waals surface area (Å²) in [6, 6.07) is 16.7. The molecule has 1 atom stereocenters. The molecular formula is C28H28N4O2. The van der Waals surface area contributed by atoms with Crippen LogP contribution in [0.4, 0.5) is 0 Å². The number of hydrogen-bond donors (Lipinski definition) is 1. The fraction of sp³-hybridized carbons (Fsp3) is 0.393. The van der Waals surface area contributed by atoms with Gasteiger partial charge >= 0.3 is 0 Å². The molecule has 2 aliphatic carbocycles. The van der Waals surface area contributed by atoms with E-state index in [2.05, 4.69) is 53.6 Å². The second-order valence-corrected chi connectivity index (χ2v) is 10.4. The number of amidine groups is 1. The molecular weight excluding hydrogens is 424 g/mol. The van der Waals surface area contributed by atoms with Gasteiger partial charge < -0.3 is 9.88 Å². The Labute approximate surface area is 198 Å². The first-order chi connectivity index (χ1) is 16.6. The summed E-state index contributed by atoms with van der Waals surface area (Å²) in [6.07, 6.45) is 6.78. The van der Waals surface area contributed by atoms with Gasteiger partial charge in [-0.15, -0.1) is 0 Å². The topological polar surface area (TPSA) is 68.8 Å². The van der Waals surface area contributed by atoms with Crippen LogP contribution in [0.25, 0.3) is 22.0 Å². The maximum atomic E-state index is 13.3. The van der Waals surface area contributed by atoms with Gasteiger partial charge in [-0.2, -0.15) is 0 Å². The number of benzene rings is 2. The average Bonchev–Trinajstić information content (AvgIpc) is 3.75. The molecule has 2 saturated carbocycles. The summed E-state index contributed by atoms with van der Waals surface area (Å²) in [5.41, 5.74) is 3.91.